The van der Waals surface area contributed by atoms with Gasteiger partial charge in [0.15, 0.2) is 11.7 Å². The summed E-state index contributed by atoms with van der Waals surface area (Å²) in [7, 11) is 0. The smallest absolute Gasteiger partial charge is 0.317 e. The van der Waals surface area contributed by atoms with Crippen LogP contribution in [0.2, 0.25) is 0 Å². The largest absolute Gasteiger partial charge is 0.501 e. The molecule has 15 heavy (non-hydrogen) atoms. The molecule has 0 fully saturated rings. The van der Waals surface area contributed by atoms with Crippen LogP contribution in [0.3, 0.4) is 0 Å². The van der Waals surface area contributed by atoms with Crippen LogP contribution in [0.1, 0.15) is 32.6 Å². The van der Waals surface area contributed by atoms with Crippen LogP contribution in [0.15, 0.2) is 5.76 Å². The second-order valence-electron chi connectivity index (χ2n) is 3.31. The lowest BCUT2D eigenvalue weighted by Gasteiger charge is -2.14. The van der Waals surface area contributed by atoms with Crippen LogP contribution in [0.4, 0.5) is 0 Å². The molecular weight excluding hydrogens is 198 g/mol. The number of carboxylic acid groups (broad SMARTS) is 1. The number of unbranched alkanes of at least 4 members (excludes halogenated alkanes) is 2. The summed E-state index contributed by atoms with van der Waals surface area (Å²) in [6, 6.07) is -0.592. The van der Waals surface area contributed by atoms with Crippen molar-refractivity contribution in [1.29, 1.82) is 0 Å². The fourth-order valence-corrected chi connectivity index (χ4v) is 1.22. The van der Waals surface area contributed by atoms with Crippen molar-refractivity contribution in [2.45, 2.75) is 38.6 Å². The fraction of sp³-hybridized carbons (Fsp3) is 0.700. The van der Waals surface area contributed by atoms with Crippen molar-refractivity contribution >= 4 is 11.9 Å². The quantitative estimate of drug-likeness (QED) is 0.318. The highest BCUT2D eigenvalue weighted by Crippen LogP contribution is 2.07. The van der Waals surface area contributed by atoms with Crippen LogP contribution in [0.5, 0.6) is 0 Å². The number of aliphatic carboxylic acids is 1. The SMILES string of the molecule is CCCCCC(NCC(=O)O)C(O)=C=O. The molecule has 0 aliphatic rings. The monoisotopic (exact) mass is 215 g/mol. The molecule has 1 atom stereocenters. The number of carbonyl (C=O) groups excluding carboxylic acids is 1. The van der Waals surface area contributed by atoms with Gasteiger partial charge in [-0.25, -0.2) is 4.79 Å². The first-order valence-corrected chi connectivity index (χ1v) is 5.01. The molecule has 0 aromatic carbocycles. The van der Waals surface area contributed by atoms with E-state index in [1.54, 1.807) is 0 Å². The van der Waals surface area contributed by atoms with Gasteiger partial charge in [0.25, 0.3) is 0 Å². The Balaban J connectivity index is 4.07. The minimum absolute atomic E-state index is 0.275. The maximum atomic E-state index is 10.3. The molecule has 0 aromatic heterocycles. The molecule has 5 nitrogen and oxygen atoms in total. The van der Waals surface area contributed by atoms with Gasteiger partial charge in [-0.1, -0.05) is 26.2 Å². The molecule has 0 saturated heterocycles. The molecule has 0 aromatic rings. The number of hydrogen-bond acceptors (Lipinski definition) is 4. The first-order chi connectivity index (χ1) is 7.11. The number of carbonyl (C=O) groups is 1. The van der Waals surface area contributed by atoms with Gasteiger partial charge >= 0.3 is 5.97 Å². The molecule has 0 bridgehead atoms. The second-order valence-corrected chi connectivity index (χ2v) is 3.31. The molecule has 0 rings (SSSR count). The Morgan fingerprint density at radius 2 is 2.07 bits per heavy atom. The predicted molar refractivity (Wildman–Crippen MR) is 55.4 cm³/mol. The zero-order valence-electron chi connectivity index (χ0n) is 8.82. The zero-order valence-corrected chi connectivity index (χ0v) is 8.82. The van der Waals surface area contributed by atoms with Gasteiger partial charge in [0.2, 0.25) is 0 Å². The zero-order chi connectivity index (χ0) is 11.7. The lowest BCUT2D eigenvalue weighted by molar-refractivity contribution is -0.136. The number of rotatable bonds is 8. The van der Waals surface area contributed by atoms with Crippen molar-refractivity contribution in [3.63, 3.8) is 0 Å². The van der Waals surface area contributed by atoms with E-state index >= 15 is 0 Å². The number of hydrogen-bond donors (Lipinski definition) is 3. The van der Waals surface area contributed by atoms with E-state index < -0.39 is 17.8 Å². The summed E-state index contributed by atoms with van der Waals surface area (Å²) in [4.78, 5) is 20.5. The van der Waals surface area contributed by atoms with Gasteiger partial charge in [0.1, 0.15) is 0 Å². The van der Waals surface area contributed by atoms with E-state index in [-0.39, 0.29) is 6.54 Å². The average molecular weight is 215 g/mol. The summed E-state index contributed by atoms with van der Waals surface area (Å²) < 4.78 is 0. The molecule has 0 aliphatic heterocycles. The highest BCUT2D eigenvalue weighted by molar-refractivity contribution is 5.69. The van der Waals surface area contributed by atoms with Gasteiger partial charge in [-0.15, -0.1) is 0 Å². The Hall–Kier alpha value is -1.32. The Labute approximate surface area is 88.8 Å². The molecule has 86 valence electrons. The minimum Gasteiger partial charge on any atom is -0.501 e. The Morgan fingerprint density at radius 3 is 2.53 bits per heavy atom. The highest BCUT2D eigenvalue weighted by atomic mass is 16.4. The minimum atomic E-state index is -1.02. The molecule has 0 saturated carbocycles. The summed E-state index contributed by atoms with van der Waals surface area (Å²) in [6.45, 7) is 1.76. The van der Waals surface area contributed by atoms with E-state index in [4.69, 9.17) is 10.2 Å². The van der Waals surface area contributed by atoms with Crippen LogP contribution in [-0.2, 0) is 9.59 Å². The molecule has 0 aliphatic carbocycles. The maximum absolute atomic E-state index is 10.3. The van der Waals surface area contributed by atoms with Crippen molar-refractivity contribution < 1.29 is 19.8 Å². The maximum Gasteiger partial charge on any atom is 0.317 e. The van der Waals surface area contributed by atoms with Crippen molar-refractivity contribution in [3.05, 3.63) is 5.76 Å². The summed E-state index contributed by atoms with van der Waals surface area (Å²) in [5.41, 5.74) is 0. The van der Waals surface area contributed by atoms with Crippen molar-refractivity contribution in [2.75, 3.05) is 6.54 Å². The topological polar surface area (TPSA) is 86.6 Å². The van der Waals surface area contributed by atoms with Crippen LogP contribution < -0.4 is 5.32 Å². The number of carboxylic acids is 1. The van der Waals surface area contributed by atoms with Crippen molar-refractivity contribution in [2.24, 2.45) is 0 Å². The van der Waals surface area contributed by atoms with Crippen LogP contribution in [0.25, 0.3) is 0 Å². The van der Waals surface area contributed by atoms with E-state index in [2.05, 4.69) is 5.32 Å². The van der Waals surface area contributed by atoms with Crippen LogP contribution in [-0.4, -0.2) is 34.7 Å². The van der Waals surface area contributed by atoms with Gasteiger partial charge in [0.05, 0.1) is 12.6 Å². The van der Waals surface area contributed by atoms with Crippen molar-refractivity contribution in [1.82, 2.24) is 5.32 Å². The Kier molecular flexibility index (Phi) is 7.32. The van der Waals surface area contributed by atoms with Gasteiger partial charge in [-0.05, 0) is 6.42 Å². The van der Waals surface area contributed by atoms with Crippen LogP contribution >= 0.6 is 0 Å². The summed E-state index contributed by atoms with van der Waals surface area (Å²) in [6.07, 6.45) is 3.39. The molecule has 0 amide bonds. The lowest BCUT2D eigenvalue weighted by Crippen LogP contribution is -2.35. The number of nitrogens with one attached hydrogen (secondary N) is 1. The molecule has 0 spiro atoms. The normalized spacial score (nSPS) is 11.8. The fourth-order valence-electron chi connectivity index (χ4n) is 1.22. The summed E-state index contributed by atoms with van der Waals surface area (Å²) in [5.74, 6) is -0.0883. The number of aliphatic hydroxyl groups is 1. The van der Waals surface area contributed by atoms with Crippen LogP contribution in [0, 0.1) is 0 Å². The third-order valence-corrected chi connectivity index (χ3v) is 2.03. The molecular formula is C10H17NO4. The third-order valence-electron chi connectivity index (χ3n) is 2.03. The highest BCUT2D eigenvalue weighted by Gasteiger charge is 2.14. The van der Waals surface area contributed by atoms with Gasteiger partial charge in [-0.3, -0.25) is 10.1 Å². The predicted octanol–water partition coefficient (Wildman–Crippen LogP) is 0.883. The Morgan fingerprint density at radius 1 is 1.40 bits per heavy atom. The van der Waals surface area contributed by atoms with E-state index in [1.165, 1.54) is 5.94 Å². The molecule has 5 heteroatoms. The van der Waals surface area contributed by atoms with Gasteiger partial charge < -0.3 is 10.2 Å². The van der Waals surface area contributed by atoms with Crippen molar-refractivity contribution in [3.8, 4) is 0 Å². The number of aliphatic hydroxyl groups excluding tert-OH is 1. The van der Waals surface area contributed by atoms with E-state index in [9.17, 15) is 9.59 Å². The molecule has 0 heterocycles. The molecule has 1 unspecified atom stereocenters. The Bertz CT molecular complexity index is 246. The lowest BCUT2D eigenvalue weighted by atomic mass is 10.1. The average Bonchev–Trinajstić information content (AvgIpc) is 2.21. The van der Waals surface area contributed by atoms with Gasteiger partial charge in [0, 0.05) is 0 Å². The second kappa shape index (κ2) is 8.03. The van der Waals surface area contributed by atoms with E-state index in [1.807, 2.05) is 6.92 Å². The summed E-state index contributed by atoms with van der Waals surface area (Å²) in [5, 5.41) is 20.2. The first kappa shape index (κ1) is 13.7. The molecule has 3 N–H and O–H groups in total. The summed E-state index contributed by atoms with van der Waals surface area (Å²) >= 11 is 0. The van der Waals surface area contributed by atoms with E-state index in [0.29, 0.717) is 6.42 Å². The third kappa shape index (κ3) is 6.71. The van der Waals surface area contributed by atoms with E-state index in [0.717, 1.165) is 19.3 Å². The molecule has 0 radical (unpaired) electrons. The van der Waals surface area contributed by atoms with Gasteiger partial charge in [-0.2, -0.15) is 0 Å². The standard InChI is InChI=1S/C10H17NO4/c1-2-3-4-5-8(9(13)7-12)11-6-10(14)15/h8,11,13H,2-6H2,1H3,(H,14,15). The first-order valence-electron chi connectivity index (χ1n) is 5.01.